The van der Waals surface area contributed by atoms with E-state index in [1.165, 1.54) is 6.07 Å². The fourth-order valence-electron chi connectivity index (χ4n) is 2.34. The van der Waals surface area contributed by atoms with Crippen LogP contribution in [0.1, 0.15) is 0 Å². The van der Waals surface area contributed by atoms with Gasteiger partial charge in [0, 0.05) is 24.1 Å². The van der Waals surface area contributed by atoms with Gasteiger partial charge in [-0.2, -0.15) is 21.6 Å². The number of benzene rings is 1. The summed E-state index contributed by atoms with van der Waals surface area (Å²) in [7, 11) is -6.03. The van der Waals surface area contributed by atoms with Crippen LogP contribution in [0.5, 0.6) is 5.75 Å². The summed E-state index contributed by atoms with van der Waals surface area (Å²) in [5, 5.41) is 1.27. The van der Waals surface area contributed by atoms with Crippen LogP contribution in [0.4, 0.5) is 13.2 Å². The molecule has 0 radical (unpaired) electrons. The highest BCUT2D eigenvalue weighted by atomic mass is 32.2. The van der Waals surface area contributed by atoms with Gasteiger partial charge in [-0.05, 0) is 23.4 Å². The minimum atomic E-state index is -5.68. The van der Waals surface area contributed by atoms with Gasteiger partial charge < -0.3 is 8.75 Å². The lowest BCUT2D eigenvalue weighted by atomic mass is 10.2. The van der Waals surface area contributed by atoms with Crippen molar-refractivity contribution < 1.29 is 25.8 Å². The Balaban J connectivity index is 2.70. The van der Waals surface area contributed by atoms with Gasteiger partial charge in [0.05, 0.1) is 8.07 Å². The first-order valence-electron chi connectivity index (χ1n) is 6.44. The molecule has 1 aromatic heterocycles. The van der Waals surface area contributed by atoms with Gasteiger partial charge in [-0.25, -0.2) is 0 Å². The summed E-state index contributed by atoms with van der Waals surface area (Å²) in [5.41, 5.74) is -4.63. The molecular weight excluding hydrogens is 335 g/mol. The summed E-state index contributed by atoms with van der Waals surface area (Å²) < 4.78 is 66.5. The van der Waals surface area contributed by atoms with Gasteiger partial charge in [-0.15, -0.1) is 0 Å². The molecule has 0 unspecified atom stereocenters. The van der Waals surface area contributed by atoms with Crippen LogP contribution in [0, 0.1) is 0 Å². The topological polar surface area (TPSA) is 48.3 Å². The van der Waals surface area contributed by atoms with E-state index in [1.54, 1.807) is 18.3 Å². The quantitative estimate of drug-likeness (QED) is 0.485. The number of alkyl halides is 3. The zero-order chi connectivity index (χ0) is 16.9. The first-order chi connectivity index (χ1) is 9.84. The van der Waals surface area contributed by atoms with E-state index in [1.807, 2.05) is 31.3 Å². The van der Waals surface area contributed by atoms with Crippen LogP contribution >= 0.6 is 0 Å². The first kappa shape index (κ1) is 16.9. The maximum absolute atomic E-state index is 12.6. The Morgan fingerprint density at radius 1 is 1.14 bits per heavy atom. The molecule has 1 heterocycles. The predicted octanol–water partition coefficient (Wildman–Crippen LogP) is 2.95. The Kier molecular flexibility index (Phi) is 3.85. The van der Waals surface area contributed by atoms with Crippen LogP contribution in [0.25, 0.3) is 10.9 Å². The number of halogens is 3. The summed E-state index contributed by atoms with van der Waals surface area (Å²) in [6.07, 6.45) is 1.77. The van der Waals surface area contributed by atoms with E-state index < -0.39 is 23.7 Å². The van der Waals surface area contributed by atoms with Gasteiger partial charge in [-0.3, -0.25) is 0 Å². The molecule has 2 rings (SSSR count). The Labute approximate surface area is 127 Å². The van der Waals surface area contributed by atoms with E-state index in [0.29, 0.717) is 5.19 Å². The van der Waals surface area contributed by atoms with Gasteiger partial charge in [-0.1, -0.05) is 19.6 Å². The zero-order valence-electron chi connectivity index (χ0n) is 12.5. The van der Waals surface area contributed by atoms with Crippen molar-refractivity contribution in [3.63, 3.8) is 0 Å². The lowest BCUT2D eigenvalue weighted by Gasteiger charge is -2.22. The lowest BCUT2D eigenvalue weighted by Crippen LogP contribution is -2.40. The molecule has 4 nitrogen and oxygen atoms in total. The summed E-state index contributed by atoms with van der Waals surface area (Å²) in [6.45, 7) is 5.76. The highest BCUT2D eigenvalue weighted by molar-refractivity contribution is 7.88. The van der Waals surface area contributed by atoms with Crippen molar-refractivity contribution >= 4 is 34.3 Å². The van der Waals surface area contributed by atoms with Crippen molar-refractivity contribution in [3.8, 4) is 5.75 Å². The van der Waals surface area contributed by atoms with Crippen LogP contribution in [-0.2, 0) is 17.2 Å². The van der Waals surface area contributed by atoms with Gasteiger partial charge in [0.15, 0.2) is 0 Å². The lowest BCUT2D eigenvalue weighted by molar-refractivity contribution is -0.0499. The highest BCUT2D eigenvalue weighted by Crippen LogP contribution is 2.29. The van der Waals surface area contributed by atoms with Crippen LogP contribution < -0.4 is 9.37 Å². The summed E-state index contributed by atoms with van der Waals surface area (Å²) in [4.78, 5) is 0. The van der Waals surface area contributed by atoms with E-state index in [2.05, 4.69) is 4.18 Å². The summed E-state index contributed by atoms with van der Waals surface area (Å²) in [6, 6.07) is 4.61. The smallest absolute Gasteiger partial charge is 0.376 e. The molecule has 0 fully saturated rings. The van der Waals surface area contributed by atoms with Crippen molar-refractivity contribution in [2.75, 3.05) is 0 Å². The fraction of sp³-hybridized carbons (Fsp3) is 0.385. The minimum absolute atomic E-state index is 0.241. The third-order valence-corrected chi connectivity index (χ3v) is 6.24. The number of aryl methyl sites for hydroxylation is 1. The average Bonchev–Trinajstić information content (AvgIpc) is 2.67. The van der Waals surface area contributed by atoms with Crippen LogP contribution in [-0.4, -0.2) is 26.6 Å². The number of hydrogen-bond acceptors (Lipinski definition) is 3. The molecule has 1 aromatic carbocycles. The molecule has 22 heavy (non-hydrogen) atoms. The van der Waals surface area contributed by atoms with Gasteiger partial charge in [0.1, 0.15) is 5.75 Å². The molecule has 0 aliphatic carbocycles. The maximum atomic E-state index is 12.6. The monoisotopic (exact) mass is 351 g/mol. The number of rotatable bonds is 3. The molecule has 0 N–H and O–H groups in total. The van der Waals surface area contributed by atoms with E-state index in [-0.39, 0.29) is 5.75 Å². The van der Waals surface area contributed by atoms with Crippen LogP contribution in [0.2, 0.25) is 19.6 Å². The Bertz CT molecular complexity index is 819. The Morgan fingerprint density at radius 2 is 1.73 bits per heavy atom. The van der Waals surface area contributed by atoms with Crippen LogP contribution in [0.3, 0.4) is 0 Å². The van der Waals surface area contributed by atoms with Crippen molar-refractivity contribution in [2.24, 2.45) is 7.05 Å². The van der Waals surface area contributed by atoms with Gasteiger partial charge in [0.2, 0.25) is 0 Å². The van der Waals surface area contributed by atoms with E-state index in [0.717, 1.165) is 10.9 Å². The third-order valence-electron chi connectivity index (χ3n) is 3.26. The molecule has 0 aliphatic heterocycles. The molecule has 0 saturated heterocycles. The van der Waals surface area contributed by atoms with Crippen molar-refractivity contribution in [2.45, 2.75) is 25.1 Å². The third kappa shape index (κ3) is 2.87. The minimum Gasteiger partial charge on any atom is -0.376 e. The average molecular weight is 351 g/mol. The molecule has 0 saturated carbocycles. The first-order valence-corrected chi connectivity index (χ1v) is 11.3. The molecule has 0 spiro atoms. The normalized spacial score (nSPS) is 13.6. The van der Waals surface area contributed by atoms with Crippen molar-refractivity contribution in [3.05, 3.63) is 24.4 Å². The second-order valence-electron chi connectivity index (χ2n) is 6.03. The summed E-state index contributed by atoms with van der Waals surface area (Å²) >= 11 is 0. The van der Waals surface area contributed by atoms with E-state index in [9.17, 15) is 21.6 Å². The number of nitrogens with zero attached hydrogens (tertiary/aromatic N) is 1. The zero-order valence-corrected chi connectivity index (χ0v) is 14.3. The Morgan fingerprint density at radius 3 is 2.23 bits per heavy atom. The van der Waals surface area contributed by atoms with E-state index >= 15 is 0 Å². The molecule has 0 bridgehead atoms. The fourth-order valence-corrected chi connectivity index (χ4v) is 4.78. The maximum Gasteiger partial charge on any atom is 0.534 e. The number of fused-ring (bicyclic) bond motifs is 1. The van der Waals surface area contributed by atoms with Crippen molar-refractivity contribution in [1.82, 2.24) is 4.57 Å². The van der Waals surface area contributed by atoms with Crippen molar-refractivity contribution in [1.29, 1.82) is 0 Å². The number of hydrogen-bond donors (Lipinski definition) is 0. The molecule has 9 heteroatoms. The molecule has 0 atom stereocenters. The second kappa shape index (κ2) is 5.02. The van der Waals surface area contributed by atoms with Crippen LogP contribution in [0.15, 0.2) is 24.4 Å². The predicted molar refractivity (Wildman–Crippen MR) is 81.5 cm³/mol. The SMILES string of the molecule is Cn1ccc2c([Si](C)(C)C)c(OS(=O)(=O)C(F)(F)F)ccc21. The molecule has 2 aromatic rings. The summed E-state index contributed by atoms with van der Waals surface area (Å²) in [5.74, 6) is -0.241. The number of aromatic nitrogens is 1. The molecule has 122 valence electrons. The highest BCUT2D eigenvalue weighted by Gasteiger charge is 2.49. The largest absolute Gasteiger partial charge is 0.534 e. The molecule has 0 aliphatic rings. The Hall–Kier alpha value is -1.48. The van der Waals surface area contributed by atoms with Gasteiger partial charge in [0.25, 0.3) is 0 Å². The second-order valence-corrected chi connectivity index (χ2v) is 12.6. The molecular formula is C13H16F3NO3SSi. The standard InChI is InChI=1S/C13H16F3NO3SSi/c1-17-8-7-9-10(17)5-6-11(12(9)22(2,3)4)20-21(18,19)13(14,15)16/h5-8H,1-4H3. The van der Waals surface area contributed by atoms with Gasteiger partial charge >= 0.3 is 15.6 Å². The molecule has 0 amide bonds. The van der Waals surface area contributed by atoms with E-state index in [4.69, 9.17) is 0 Å².